The lowest BCUT2D eigenvalue weighted by molar-refractivity contribution is 0.0773. The molecule has 1 aliphatic rings. The minimum absolute atomic E-state index is 0.573. The van der Waals surface area contributed by atoms with Crippen molar-refractivity contribution in [2.45, 2.75) is 36.5 Å². The zero-order chi connectivity index (χ0) is 20.1. The summed E-state index contributed by atoms with van der Waals surface area (Å²) in [7, 11) is 1.71. The van der Waals surface area contributed by atoms with Crippen LogP contribution in [-0.2, 0) is 5.60 Å². The van der Waals surface area contributed by atoms with E-state index < -0.39 is 5.60 Å². The normalized spacial score (nSPS) is 15.9. The van der Waals surface area contributed by atoms with Crippen LogP contribution in [0, 0.1) is 6.92 Å². The van der Waals surface area contributed by atoms with E-state index in [9.17, 15) is 5.11 Å². The van der Waals surface area contributed by atoms with Gasteiger partial charge in [-0.2, -0.15) is 5.10 Å². The van der Waals surface area contributed by atoms with E-state index in [4.69, 9.17) is 4.74 Å². The average Bonchev–Trinajstić information content (AvgIpc) is 3.14. The van der Waals surface area contributed by atoms with Crippen LogP contribution >= 0.6 is 35.0 Å². The van der Waals surface area contributed by atoms with Crippen molar-refractivity contribution in [2.24, 2.45) is 0 Å². The Hall–Kier alpha value is -1.26. The Balaban J connectivity index is 1.71. The van der Waals surface area contributed by atoms with Crippen LogP contribution in [0.5, 0.6) is 5.75 Å². The number of ether oxygens (including phenoxy) is 1. The first-order chi connectivity index (χ1) is 13.3. The fourth-order valence-corrected chi connectivity index (χ4v) is 6.27. The van der Waals surface area contributed by atoms with Gasteiger partial charge in [0.05, 0.1) is 23.4 Å². The van der Waals surface area contributed by atoms with Crippen molar-refractivity contribution in [2.75, 3.05) is 26.5 Å². The zero-order valence-electron chi connectivity index (χ0n) is 16.6. The molecule has 0 spiro atoms. The number of thioether (sulfide) groups is 1. The van der Waals surface area contributed by atoms with Crippen molar-refractivity contribution in [3.63, 3.8) is 0 Å². The molecule has 3 heterocycles. The first-order valence-electron chi connectivity index (χ1n) is 9.03. The summed E-state index contributed by atoms with van der Waals surface area (Å²) in [5.41, 5.74) is 1.97. The van der Waals surface area contributed by atoms with Crippen LogP contribution in [0.1, 0.15) is 24.5 Å². The number of methoxy groups -OCH3 is 1. The van der Waals surface area contributed by atoms with E-state index in [0.717, 1.165) is 45.6 Å². The van der Waals surface area contributed by atoms with E-state index in [1.807, 2.05) is 29.3 Å². The van der Waals surface area contributed by atoms with Gasteiger partial charge in [-0.1, -0.05) is 23.3 Å². The zero-order valence-corrected chi connectivity index (χ0v) is 19.0. The van der Waals surface area contributed by atoms with Crippen molar-refractivity contribution in [3.05, 3.63) is 28.9 Å². The molecular formula is C19H24N4O2S3. The molecule has 0 unspecified atom stereocenters. The lowest BCUT2D eigenvalue weighted by Crippen LogP contribution is -2.44. The first-order valence-corrected chi connectivity index (χ1v) is 11.9. The molecule has 1 saturated heterocycles. The van der Waals surface area contributed by atoms with Crippen molar-refractivity contribution < 1.29 is 9.84 Å². The number of rotatable bonds is 6. The molecule has 1 aliphatic heterocycles. The smallest absolute Gasteiger partial charge is 0.213 e. The molecule has 28 heavy (non-hydrogen) atoms. The summed E-state index contributed by atoms with van der Waals surface area (Å²) in [4.78, 5) is 6.60. The fourth-order valence-electron chi connectivity index (χ4n) is 3.15. The number of imidazole rings is 1. The molecule has 1 aromatic carbocycles. The molecule has 0 amide bonds. The summed E-state index contributed by atoms with van der Waals surface area (Å²) in [5, 5.41) is 16.2. The Bertz CT molecular complexity index is 1000. The van der Waals surface area contributed by atoms with Gasteiger partial charge in [0, 0.05) is 23.9 Å². The van der Waals surface area contributed by atoms with Gasteiger partial charge in [-0.05, 0) is 45.2 Å². The van der Waals surface area contributed by atoms with Gasteiger partial charge in [0.15, 0.2) is 0 Å². The van der Waals surface area contributed by atoms with Crippen LogP contribution < -0.4 is 4.74 Å². The van der Waals surface area contributed by atoms with E-state index in [0.29, 0.717) is 10.3 Å². The summed E-state index contributed by atoms with van der Waals surface area (Å²) < 4.78 is 9.80. The molecule has 150 valence electrons. The molecule has 0 atom stereocenters. The molecule has 0 radical (unpaired) electrons. The average molecular weight is 437 g/mol. The highest BCUT2D eigenvalue weighted by Gasteiger charge is 2.29. The molecule has 0 aliphatic carbocycles. The summed E-state index contributed by atoms with van der Waals surface area (Å²) in [6.07, 6.45) is 2.12. The predicted octanol–water partition coefficient (Wildman–Crippen LogP) is 4.06. The maximum absolute atomic E-state index is 10.3. The molecule has 1 fully saturated rings. The fraction of sp³-hybridized carbons (Fsp3) is 0.474. The highest BCUT2D eigenvalue weighted by molar-refractivity contribution is 8.00. The van der Waals surface area contributed by atoms with Gasteiger partial charge in [-0.3, -0.25) is 0 Å². The second-order valence-corrected chi connectivity index (χ2v) is 10.5. The maximum atomic E-state index is 10.3. The Morgan fingerprint density at radius 1 is 1.32 bits per heavy atom. The minimum atomic E-state index is -0.981. The van der Waals surface area contributed by atoms with Gasteiger partial charge in [-0.25, -0.2) is 13.8 Å². The van der Waals surface area contributed by atoms with Gasteiger partial charge in [0.1, 0.15) is 16.4 Å². The van der Waals surface area contributed by atoms with Crippen molar-refractivity contribution in [3.8, 4) is 17.0 Å². The highest BCUT2D eigenvalue weighted by Crippen LogP contribution is 2.40. The minimum Gasteiger partial charge on any atom is -0.496 e. The van der Waals surface area contributed by atoms with E-state index in [1.165, 1.54) is 11.3 Å². The van der Waals surface area contributed by atoms with Crippen molar-refractivity contribution in [1.82, 2.24) is 18.9 Å². The maximum Gasteiger partial charge on any atom is 0.213 e. The number of benzene rings is 1. The molecule has 6 nitrogen and oxygen atoms in total. The third kappa shape index (κ3) is 3.66. The van der Waals surface area contributed by atoms with Crippen LogP contribution in [0.2, 0.25) is 0 Å². The second-order valence-electron chi connectivity index (χ2n) is 7.34. The molecule has 4 rings (SSSR count). The van der Waals surface area contributed by atoms with Gasteiger partial charge in [-0.15, -0.1) is 11.8 Å². The highest BCUT2D eigenvalue weighted by atomic mass is 32.2. The second kappa shape index (κ2) is 7.53. The third-order valence-electron chi connectivity index (χ3n) is 4.70. The third-order valence-corrected chi connectivity index (χ3v) is 7.94. The number of hydrogen-bond acceptors (Lipinski definition) is 8. The topological polar surface area (TPSA) is 62.9 Å². The summed E-state index contributed by atoms with van der Waals surface area (Å²) in [6, 6.07) is 6.24. The van der Waals surface area contributed by atoms with Crippen molar-refractivity contribution in [1.29, 1.82) is 0 Å². The molecule has 2 aromatic heterocycles. The first kappa shape index (κ1) is 20.0. The molecule has 1 N–H and O–H groups in total. The van der Waals surface area contributed by atoms with Gasteiger partial charge >= 0.3 is 0 Å². The van der Waals surface area contributed by atoms with Crippen LogP contribution in [0.4, 0.5) is 0 Å². The van der Waals surface area contributed by atoms with E-state index in [1.54, 1.807) is 32.9 Å². The van der Waals surface area contributed by atoms with E-state index in [-0.39, 0.29) is 0 Å². The van der Waals surface area contributed by atoms with E-state index >= 15 is 0 Å². The Morgan fingerprint density at radius 2 is 2.07 bits per heavy atom. The number of aliphatic hydroxyl groups is 1. The van der Waals surface area contributed by atoms with Gasteiger partial charge in [0.2, 0.25) is 4.96 Å². The summed E-state index contributed by atoms with van der Waals surface area (Å²) in [6.45, 7) is 7.65. The standard InChI is InChI=1S/C19H24N4O2S3/c1-11-16(23-18(20-11)28-17(21-23)19(2,3)24)12-6-7-14(25-4)15(8-12)27-13-9-22(10-13)26-5/h6-8,13,24H,9-10H2,1-5H3. The van der Waals surface area contributed by atoms with Crippen LogP contribution in [0.15, 0.2) is 23.1 Å². The number of hydrogen-bond donors (Lipinski definition) is 1. The summed E-state index contributed by atoms with van der Waals surface area (Å²) >= 11 is 5.08. The van der Waals surface area contributed by atoms with Crippen LogP contribution in [0.25, 0.3) is 16.2 Å². The number of aryl methyl sites for hydroxylation is 1. The lowest BCUT2D eigenvalue weighted by atomic mass is 10.1. The van der Waals surface area contributed by atoms with Crippen LogP contribution in [-0.4, -0.2) is 55.7 Å². The molecule has 0 saturated carbocycles. The van der Waals surface area contributed by atoms with E-state index in [2.05, 4.69) is 32.8 Å². The number of fused-ring (bicyclic) bond motifs is 1. The molecule has 3 aromatic rings. The van der Waals surface area contributed by atoms with Crippen molar-refractivity contribution >= 4 is 40.0 Å². The monoisotopic (exact) mass is 436 g/mol. The number of aromatic nitrogens is 3. The summed E-state index contributed by atoms with van der Waals surface area (Å²) in [5.74, 6) is 0.894. The Morgan fingerprint density at radius 3 is 2.71 bits per heavy atom. The van der Waals surface area contributed by atoms with Gasteiger partial charge < -0.3 is 9.84 Å². The molecule has 9 heteroatoms. The molecule has 0 bridgehead atoms. The molecular weight excluding hydrogens is 412 g/mol. The lowest BCUT2D eigenvalue weighted by Gasteiger charge is -2.36. The quantitative estimate of drug-likeness (QED) is 0.585. The largest absolute Gasteiger partial charge is 0.496 e. The Kier molecular flexibility index (Phi) is 5.39. The number of nitrogens with zero attached hydrogens (tertiary/aromatic N) is 4. The predicted molar refractivity (Wildman–Crippen MR) is 118 cm³/mol. The van der Waals surface area contributed by atoms with Crippen LogP contribution in [0.3, 0.4) is 0 Å². The van der Waals surface area contributed by atoms with Gasteiger partial charge in [0.25, 0.3) is 0 Å². The SMILES string of the molecule is COc1ccc(-c2c(C)nc3sc(C(C)(C)O)nn23)cc1SC1CN(SC)C1. The Labute approximate surface area is 177 Å².